The zero-order valence-corrected chi connectivity index (χ0v) is 10.3. The Balaban J connectivity index is 3.13. The number of hydrogen-bond donors (Lipinski definition) is 2. The van der Waals surface area contributed by atoms with Gasteiger partial charge in [0.2, 0.25) is 6.23 Å². The molecule has 2 N–H and O–H groups in total. The number of methoxy groups -OCH3 is 1. The van der Waals surface area contributed by atoms with Gasteiger partial charge in [-0.05, 0) is 0 Å². The van der Waals surface area contributed by atoms with Gasteiger partial charge in [0.1, 0.15) is 6.54 Å². The minimum atomic E-state index is -5.08. The van der Waals surface area contributed by atoms with Gasteiger partial charge in [-0.25, -0.2) is 9.48 Å². The molecule has 0 spiro atoms. The summed E-state index contributed by atoms with van der Waals surface area (Å²) in [6.45, 7) is -1.71. The number of rotatable bonds is 4. The molecule has 0 amide bonds. The second-order valence-corrected chi connectivity index (χ2v) is 3.76. The molecule has 120 valence electrons. The average Bonchev–Trinajstić information content (AvgIpc) is 2.67. The lowest BCUT2D eigenvalue weighted by molar-refractivity contribution is -0.194. The number of esters is 1. The summed E-state index contributed by atoms with van der Waals surface area (Å²) in [5.74, 6) is -1.34. The van der Waals surface area contributed by atoms with Crippen LogP contribution >= 0.6 is 0 Å². The number of aliphatic hydroxyl groups excluding tert-OH is 1. The van der Waals surface area contributed by atoms with Gasteiger partial charge in [0.25, 0.3) is 0 Å². The van der Waals surface area contributed by atoms with Crippen molar-refractivity contribution in [2.24, 2.45) is 0 Å². The number of nitrogens with zero attached hydrogens (tertiary/aromatic N) is 2. The van der Waals surface area contributed by atoms with E-state index in [1.54, 1.807) is 0 Å². The molecule has 0 aromatic carbocycles. The lowest BCUT2D eigenvalue weighted by Crippen LogP contribution is -2.36. The second kappa shape index (κ2) is 5.79. The van der Waals surface area contributed by atoms with E-state index < -0.39 is 42.5 Å². The van der Waals surface area contributed by atoms with Crippen LogP contribution in [0, 0.1) is 0 Å². The van der Waals surface area contributed by atoms with Crippen LogP contribution in [-0.4, -0.2) is 46.5 Å². The first-order chi connectivity index (χ1) is 9.45. The van der Waals surface area contributed by atoms with E-state index in [1.165, 1.54) is 5.32 Å². The van der Waals surface area contributed by atoms with Crippen LogP contribution in [0.4, 0.5) is 32.0 Å². The molecule has 1 unspecified atom stereocenters. The van der Waals surface area contributed by atoms with E-state index in [0.29, 0.717) is 6.20 Å². The lowest BCUT2D eigenvalue weighted by atomic mass is 10.3. The number of ether oxygens (including phenoxy) is 1. The van der Waals surface area contributed by atoms with Crippen molar-refractivity contribution in [1.82, 2.24) is 9.78 Å². The number of nitrogens with one attached hydrogen (secondary N) is 1. The highest BCUT2D eigenvalue weighted by Crippen LogP contribution is 2.26. The molecule has 0 aliphatic carbocycles. The topological polar surface area (TPSA) is 76.4 Å². The van der Waals surface area contributed by atoms with Crippen molar-refractivity contribution in [1.29, 1.82) is 0 Å². The summed E-state index contributed by atoms with van der Waals surface area (Å²) in [5, 5.41) is 13.4. The fraction of sp³-hybridized carbons (Fsp3) is 0.556. The highest BCUT2D eigenvalue weighted by Gasteiger charge is 2.40. The van der Waals surface area contributed by atoms with Crippen molar-refractivity contribution in [2.75, 3.05) is 12.4 Å². The summed E-state index contributed by atoms with van der Waals surface area (Å²) in [6.07, 6.45) is -12.4. The van der Waals surface area contributed by atoms with E-state index in [0.717, 1.165) is 7.11 Å². The summed E-state index contributed by atoms with van der Waals surface area (Å²) in [4.78, 5) is 11.4. The molecule has 1 heterocycles. The molecule has 12 heteroatoms. The Bertz CT molecular complexity index is 510. The number of aliphatic hydroxyl groups is 1. The predicted octanol–water partition coefficient (Wildman–Crippen LogP) is 1.52. The van der Waals surface area contributed by atoms with Gasteiger partial charge in [0.15, 0.2) is 5.69 Å². The summed E-state index contributed by atoms with van der Waals surface area (Å²) < 4.78 is 77.7. The minimum Gasteiger partial charge on any atom is -0.464 e. The van der Waals surface area contributed by atoms with Crippen LogP contribution in [-0.2, 0) is 11.3 Å². The molecular formula is C9H9F6N3O3. The Kier molecular flexibility index (Phi) is 4.71. The largest absolute Gasteiger partial charge is 0.464 e. The van der Waals surface area contributed by atoms with Crippen molar-refractivity contribution in [3.8, 4) is 0 Å². The van der Waals surface area contributed by atoms with Crippen LogP contribution in [0.5, 0.6) is 0 Å². The maximum absolute atomic E-state index is 12.3. The molecule has 0 saturated heterocycles. The molecular weight excluding hydrogens is 312 g/mol. The quantitative estimate of drug-likeness (QED) is 0.500. The van der Waals surface area contributed by atoms with Crippen molar-refractivity contribution in [3.63, 3.8) is 0 Å². The van der Waals surface area contributed by atoms with E-state index in [9.17, 15) is 31.1 Å². The van der Waals surface area contributed by atoms with E-state index >= 15 is 0 Å². The first kappa shape index (κ1) is 17.1. The third-order valence-electron chi connectivity index (χ3n) is 2.15. The maximum Gasteiger partial charge on any atom is 0.433 e. The van der Waals surface area contributed by atoms with E-state index in [4.69, 9.17) is 5.11 Å². The van der Waals surface area contributed by atoms with E-state index in [-0.39, 0.29) is 4.68 Å². The standard InChI is InChI=1S/C9H9F6N3O3/c1-21-6(19)5-4(17-7(20)9(13,14)15)2-16-18(5)3-8(10,11)12/h2,7,17,20H,3H2,1H3. The van der Waals surface area contributed by atoms with Gasteiger partial charge in [-0.2, -0.15) is 31.4 Å². The zero-order chi connectivity index (χ0) is 16.4. The monoisotopic (exact) mass is 321 g/mol. The number of carbonyl (C=O) groups excluding carboxylic acids is 1. The first-order valence-corrected chi connectivity index (χ1v) is 5.18. The highest BCUT2D eigenvalue weighted by atomic mass is 19.4. The fourth-order valence-corrected chi connectivity index (χ4v) is 1.32. The van der Waals surface area contributed by atoms with Gasteiger partial charge in [-0.15, -0.1) is 0 Å². The second-order valence-electron chi connectivity index (χ2n) is 3.76. The Morgan fingerprint density at radius 1 is 1.43 bits per heavy atom. The van der Waals surface area contributed by atoms with Gasteiger partial charge in [-0.3, -0.25) is 0 Å². The molecule has 1 aromatic rings. The normalized spacial score (nSPS) is 13.9. The molecule has 0 aliphatic heterocycles. The molecule has 21 heavy (non-hydrogen) atoms. The molecule has 0 fully saturated rings. The molecule has 6 nitrogen and oxygen atoms in total. The third-order valence-corrected chi connectivity index (χ3v) is 2.15. The SMILES string of the molecule is COC(=O)c1c(NC(O)C(F)(F)F)cnn1CC(F)(F)F. The number of hydrogen-bond acceptors (Lipinski definition) is 5. The summed E-state index contributed by atoms with van der Waals surface area (Å²) >= 11 is 0. The highest BCUT2D eigenvalue weighted by molar-refractivity contribution is 5.93. The van der Waals surface area contributed by atoms with Crippen molar-refractivity contribution in [2.45, 2.75) is 25.1 Å². The third kappa shape index (κ3) is 4.51. The maximum atomic E-state index is 12.3. The molecule has 0 saturated carbocycles. The van der Waals surface area contributed by atoms with Crippen LogP contribution in [0.1, 0.15) is 10.5 Å². The van der Waals surface area contributed by atoms with Gasteiger partial charge >= 0.3 is 18.3 Å². The zero-order valence-electron chi connectivity index (χ0n) is 10.3. The van der Waals surface area contributed by atoms with Crippen molar-refractivity contribution in [3.05, 3.63) is 11.9 Å². The number of carbonyl (C=O) groups is 1. The van der Waals surface area contributed by atoms with Crippen LogP contribution < -0.4 is 5.32 Å². The van der Waals surface area contributed by atoms with Crippen molar-refractivity contribution >= 4 is 11.7 Å². The summed E-state index contributed by atoms with van der Waals surface area (Å²) in [6, 6.07) is 0. The van der Waals surface area contributed by atoms with Crippen LogP contribution in [0.3, 0.4) is 0 Å². The molecule has 0 radical (unpaired) electrons. The summed E-state index contributed by atoms with van der Waals surface area (Å²) in [7, 11) is 0.831. The number of aromatic nitrogens is 2. The van der Waals surface area contributed by atoms with Crippen LogP contribution in [0.25, 0.3) is 0 Å². The number of anilines is 1. The minimum absolute atomic E-state index is 0.122. The lowest BCUT2D eigenvalue weighted by Gasteiger charge is -2.17. The first-order valence-electron chi connectivity index (χ1n) is 5.18. The predicted molar refractivity (Wildman–Crippen MR) is 55.3 cm³/mol. The smallest absolute Gasteiger partial charge is 0.433 e. The molecule has 0 aliphatic rings. The average molecular weight is 321 g/mol. The number of alkyl halides is 6. The summed E-state index contributed by atoms with van der Waals surface area (Å²) in [5.41, 5.74) is -1.63. The molecule has 1 rings (SSSR count). The molecule has 1 atom stereocenters. The van der Waals surface area contributed by atoms with E-state index in [1.807, 2.05) is 0 Å². The Morgan fingerprint density at radius 2 is 2.00 bits per heavy atom. The van der Waals surface area contributed by atoms with E-state index in [2.05, 4.69) is 9.84 Å². The van der Waals surface area contributed by atoms with Crippen molar-refractivity contribution < 1.29 is 41.0 Å². The Labute approximate surface area is 113 Å². The van der Waals surface area contributed by atoms with Gasteiger partial charge in [0.05, 0.1) is 19.0 Å². The Hall–Kier alpha value is -1.98. The van der Waals surface area contributed by atoms with Gasteiger partial charge < -0.3 is 15.2 Å². The molecule has 0 bridgehead atoms. The Morgan fingerprint density at radius 3 is 2.43 bits per heavy atom. The number of halogens is 6. The van der Waals surface area contributed by atoms with Gasteiger partial charge in [0, 0.05) is 0 Å². The van der Waals surface area contributed by atoms with Gasteiger partial charge in [-0.1, -0.05) is 0 Å². The van der Waals surface area contributed by atoms with Crippen LogP contribution in [0.15, 0.2) is 6.20 Å². The van der Waals surface area contributed by atoms with Crippen LogP contribution in [0.2, 0.25) is 0 Å². The molecule has 1 aromatic heterocycles. The fourth-order valence-electron chi connectivity index (χ4n) is 1.32.